The lowest BCUT2D eigenvalue weighted by Gasteiger charge is -2.32. The quantitative estimate of drug-likeness (QED) is 0.728. The van der Waals surface area contributed by atoms with Crippen LogP contribution in [0.4, 0.5) is 0 Å². The van der Waals surface area contributed by atoms with E-state index in [0.717, 1.165) is 13.0 Å². The van der Waals surface area contributed by atoms with Crippen molar-refractivity contribution in [1.82, 2.24) is 14.3 Å². The van der Waals surface area contributed by atoms with E-state index in [4.69, 9.17) is 0 Å². The first-order chi connectivity index (χ1) is 8.55. The Kier molecular flexibility index (Phi) is 6.55. The SMILES string of the molecule is CCC1CCCNC1CNS(=O)(=O)N(CC)CC. The largest absolute Gasteiger partial charge is 0.312 e. The molecule has 18 heavy (non-hydrogen) atoms. The van der Waals surface area contributed by atoms with E-state index in [2.05, 4.69) is 17.0 Å². The third-order valence-electron chi connectivity index (χ3n) is 3.78. The van der Waals surface area contributed by atoms with Crippen molar-refractivity contribution in [3.63, 3.8) is 0 Å². The van der Waals surface area contributed by atoms with Crippen molar-refractivity contribution in [3.05, 3.63) is 0 Å². The van der Waals surface area contributed by atoms with Crippen LogP contribution in [0.15, 0.2) is 0 Å². The zero-order valence-electron chi connectivity index (χ0n) is 11.8. The van der Waals surface area contributed by atoms with Crippen molar-refractivity contribution in [2.45, 2.75) is 46.1 Å². The zero-order valence-corrected chi connectivity index (χ0v) is 12.6. The van der Waals surface area contributed by atoms with Gasteiger partial charge in [0.15, 0.2) is 0 Å². The predicted octanol–water partition coefficient (Wildman–Crippen LogP) is 0.941. The number of hydrogen-bond donors (Lipinski definition) is 2. The first-order valence-electron chi connectivity index (χ1n) is 7.03. The molecule has 1 heterocycles. The number of nitrogens with zero attached hydrogens (tertiary/aromatic N) is 1. The standard InChI is InChI=1S/C12H27N3O2S/c1-4-11-8-7-9-13-12(11)10-14-18(16,17)15(5-2)6-3/h11-14H,4-10H2,1-3H3. The summed E-state index contributed by atoms with van der Waals surface area (Å²) in [7, 11) is -3.31. The van der Waals surface area contributed by atoms with Crippen molar-refractivity contribution < 1.29 is 8.42 Å². The maximum Gasteiger partial charge on any atom is 0.279 e. The zero-order chi connectivity index (χ0) is 13.6. The highest BCUT2D eigenvalue weighted by Gasteiger charge is 2.26. The average molecular weight is 277 g/mol. The van der Waals surface area contributed by atoms with Gasteiger partial charge in [-0.15, -0.1) is 0 Å². The monoisotopic (exact) mass is 277 g/mol. The Balaban J connectivity index is 2.52. The van der Waals surface area contributed by atoms with Crippen LogP contribution in [-0.4, -0.2) is 44.9 Å². The molecule has 1 rings (SSSR count). The first kappa shape index (κ1) is 15.9. The summed E-state index contributed by atoms with van der Waals surface area (Å²) in [6, 6.07) is 0.272. The van der Waals surface area contributed by atoms with Crippen LogP contribution in [-0.2, 0) is 10.2 Å². The molecule has 0 amide bonds. The van der Waals surface area contributed by atoms with Crippen LogP contribution in [0, 0.1) is 5.92 Å². The van der Waals surface area contributed by atoms with Crippen molar-refractivity contribution in [1.29, 1.82) is 0 Å². The molecular weight excluding hydrogens is 250 g/mol. The molecule has 0 saturated carbocycles. The Bertz CT molecular complexity index is 328. The van der Waals surface area contributed by atoms with Crippen LogP contribution in [0.1, 0.15) is 40.0 Å². The summed E-state index contributed by atoms with van der Waals surface area (Å²) in [5.74, 6) is 0.582. The summed E-state index contributed by atoms with van der Waals surface area (Å²) >= 11 is 0. The lowest BCUT2D eigenvalue weighted by molar-refractivity contribution is 0.271. The normalized spacial score (nSPS) is 25.6. The van der Waals surface area contributed by atoms with E-state index in [1.54, 1.807) is 0 Å². The highest BCUT2D eigenvalue weighted by Crippen LogP contribution is 2.19. The molecule has 0 aromatic carbocycles. The second-order valence-electron chi connectivity index (χ2n) is 4.81. The molecule has 1 aliphatic heterocycles. The third kappa shape index (κ3) is 4.19. The minimum atomic E-state index is -3.31. The predicted molar refractivity (Wildman–Crippen MR) is 74.6 cm³/mol. The Labute approximate surface area is 112 Å². The summed E-state index contributed by atoms with van der Waals surface area (Å²) in [6.07, 6.45) is 3.49. The fourth-order valence-electron chi connectivity index (χ4n) is 2.60. The topological polar surface area (TPSA) is 61.4 Å². The highest BCUT2D eigenvalue weighted by atomic mass is 32.2. The lowest BCUT2D eigenvalue weighted by atomic mass is 9.89. The fraction of sp³-hybridized carbons (Fsp3) is 1.00. The van der Waals surface area contributed by atoms with E-state index in [9.17, 15) is 8.42 Å². The summed E-state index contributed by atoms with van der Waals surface area (Å²) in [5.41, 5.74) is 0. The van der Waals surface area contributed by atoms with Crippen LogP contribution in [0.2, 0.25) is 0 Å². The fourth-order valence-corrected chi connectivity index (χ4v) is 3.85. The first-order valence-corrected chi connectivity index (χ1v) is 8.47. The molecule has 2 N–H and O–H groups in total. The van der Waals surface area contributed by atoms with Crippen molar-refractivity contribution in [2.75, 3.05) is 26.2 Å². The molecule has 0 aromatic heterocycles. The summed E-state index contributed by atoms with van der Waals surface area (Å²) in [4.78, 5) is 0. The van der Waals surface area contributed by atoms with Gasteiger partial charge in [-0.05, 0) is 25.3 Å². The Hall–Kier alpha value is -0.170. The lowest BCUT2D eigenvalue weighted by Crippen LogP contribution is -2.51. The molecule has 1 fully saturated rings. The van der Waals surface area contributed by atoms with Crippen LogP contribution in [0.25, 0.3) is 0 Å². The van der Waals surface area contributed by atoms with Crippen LogP contribution in [0.5, 0.6) is 0 Å². The average Bonchev–Trinajstić information content (AvgIpc) is 2.38. The second kappa shape index (κ2) is 7.43. The number of hydrogen-bond acceptors (Lipinski definition) is 3. The molecule has 2 atom stereocenters. The Morgan fingerprint density at radius 2 is 1.94 bits per heavy atom. The van der Waals surface area contributed by atoms with Gasteiger partial charge in [0, 0.05) is 25.7 Å². The Morgan fingerprint density at radius 3 is 2.50 bits per heavy atom. The molecule has 1 saturated heterocycles. The molecule has 2 unspecified atom stereocenters. The van der Waals surface area contributed by atoms with Gasteiger partial charge in [-0.25, -0.2) is 4.72 Å². The Morgan fingerprint density at radius 1 is 1.28 bits per heavy atom. The van der Waals surface area contributed by atoms with Gasteiger partial charge in [-0.2, -0.15) is 12.7 Å². The number of rotatable bonds is 7. The van der Waals surface area contributed by atoms with E-state index >= 15 is 0 Å². The molecule has 6 heteroatoms. The number of nitrogens with one attached hydrogen (secondary N) is 2. The summed E-state index contributed by atoms with van der Waals surface area (Å²) < 4.78 is 28.2. The maximum atomic E-state index is 12.0. The molecule has 5 nitrogen and oxygen atoms in total. The van der Waals surface area contributed by atoms with Crippen molar-refractivity contribution in [3.8, 4) is 0 Å². The van der Waals surface area contributed by atoms with Gasteiger partial charge < -0.3 is 5.32 Å². The van der Waals surface area contributed by atoms with Gasteiger partial charge in [0.05, 0.1) is 0 Å². The van der Waals surface area contributed by atoms with Gasteiger partial charge in [0.2, 0.25) is 0 Å². The minimum Gasteiger partial charge on any atom is -0.312 e. The van der Waals surface area contributed by atoms with Gasteiger partial charge in [0.25, 0.3) is 10.2 Å². The number of piperidine rings is 1. The molecule has 0 aromatic rings. The van der Waals surface area contributed by atoms with Crippen molar-refractivity contribution in [2.24, 2.45) is 5.92 Å². The second-order valence-corrected chi connectivity index (χ2v) is 6.56. The van der Waals surface area contributed by atoms with E-state index in [1.807, 2.05) is 13.8 Å². The molecule has 0 radical (unpaired) electrons. The third-order valence-corrected chi connectivity index (χ3v) is 5.51. The van der Waals surface area contributed by atoms with Crippen LogP contribution in [0.3, 0.4) is 0 Å². The smallest absolute Gasteiger partial charge is 0.279 e. The minimum absolute atomic E-state index is 0.272. The summed E-state index contributed by atoms with van der Waals surface area (Å²) in [5, 5.41) is 3.42. The molecule has 0 aliphatic carbocycles. The molecule has 1 aliphatic rings. The van der Waals surface area contributed by atoms with Gasteiger partial charge in [0.1, 0.15) is 0 Å². The van der Waals surface area contributed by atoms with Gasteiger partial charge in [-0.3, -0.25) is 0 Å². The molecule has 108 valence electrons. The van der Waals surface area contributed by atoms with Crippen LogP contribution >= 0.6 is 0 Å². The molecule has 0 bridgehead atoms. The maximum absolute atomic E-state index is 12.0. The van der Waals surface area contributed by atoms with Crippen molar-refractivity contribution >= 4 is 10.2 Å². The van der Waals surface area contributed by atoms with Gasteiger partial charge in [-0.1, -0.05) is 27.2 Å². The highest BCUT2D eigenvalue weighted by molar-refractivity contribution is 7.87. The van der Waals surface area contributed by atoms with Gasteiger partial charge >= 0.3 is 0 Å². The van der Waals surface area contributed by atoms with Crippen LogP contribution < -0.4 is 10.0 Å². The van der Waals surface area contributed by atoms with E-state index in [1.165, 1.54) is 17.1 Å². The molecule has 0 spiro atoms. The van der Waals surface area contributed by atoms with E-state index < -0.39 is 10.2 Å². The summed E-state index contributed by atoms with van der Waals surface area (Å²) in [6.45, 7) is 8.41. The molecular formula is C12H27N3O2S. The van der Waals surface area contributed by atoms with E-state index in [-0.39, 0.29) is 6.04 Å². The van der Waals surface area contributed by atoms with E-state index in [0.29, 0.717) is 25.6 Å².